The quantitative estimate of drug-likeness (QED) is 0.738. The van der Waals surface area contributed by atoms with Crippen LogP contribution in [0.2, 0.25) is 0 Å². The zero-order valence-corrected chi connectivity index (χ0v) is 15.0. The summed E-state index contributed by atoms with van der Waals surface area (Å²) in [5, 5.41) is 0. The van der Waals surface area contributed by atoms with Crippen LogP contribution in [0, 0.1) is 0 Å². The molecule has 0 aliphatic heterocycles. The third kappa shape index (κ3) is 10.6. The number of sulfone groups is 1. The van der Waals surface area contributed by atoms with E-state index in [0.717, 1.165) is 12.3 Å². The number of ether oxygens (including phenoxy) is 1. The van der Waals surface area contributed by atoms with Gasteiger partial charge in [-0.3, -0.25) is 0 Å². The average Bonchev–Trinajstić information content (AvgIpc) is 2.39. The van der Waals surface area contributed by atoms with Gasteiger partial charge in [-0.1, -0.05) is 43.6 Å². The summed E-state index contributed by atoms with van der Waals surface area (Å²) in [5.74, 6) is -0.155. The molecule has 1 rings (SSSR count). The number of benzene rings is 1. The number of halogens is 4. The molecule has 0 radical (unpaired) electrons. The first kappa shape index (κ1) is 22.5. The average molecular weight is 393 g/mol. The van der Waals surface area contributed by atoms with Gasteiger partial charge in [0.05, 0.1) is 4.90 Å². The van der Waals surface area contributed by atoms with Gasteiger partial charge in [-0.25, -0.2) is 8.42 Å². The molecule has 0 N–H and O–H groups in total. The highest BCUT2D eigenvalue weighted by Gasteiger charge is 2.28. The highest BCUT2D eigenvalue weighted by Crippen LogP contribution is 2.26. The third-order valence-electron chi connectivity index (χ3n) is 1.68. The van der Waals surface area contributed by atoms with Crippen molar-refractivity contribution in [3.8, 4) is 5.75 Å². The summed E-state index contributed by atoms with van der Waals surface area (Å²) in [7, 11) is -3.49. The topological polar surface area (TPSA) is 43.4 Å². The number of rotatable bonds is 3. The summed E-state index contributed by atoms with van der Waals surface area (Å²) >= 11 is 3.00. The zero-order chi connectivity index (χ0) is 17.3. The molecule has 21 heavy (non-hydrogen) atoms. The molecule has 3 nitrogen and oxygen atoms in total. The molecule has 0 fully saturated rings. The maximum Gasteiger partial charge on any atom is 0.422 e. The van der Waals surface area contributed by atoms with Crippen LogP contribution in [0.3, 0.4) is 0 Å². The van der Waals surface area contributed by atoms with Crippen LogP contribution in [-0.4, -0.2) is 27.5 Å². The minimum Gasteiger partial charge on any atom is -0.484 e. The van der Waals surface area contributed by atoms with Gasteiger partial charge >= 0.3 is 6.18 Å². The molecule has 0 spiro atoms. The Labute approximate surface area is 132 Å². The Morgan fingerprint density at radius 1 is 1.10 bits per heavy atom. The van der Waals surface area contributed by atoms with Crippen LogP contribution in [0.25, 0.3) is 0 Å². The van der Waals surface area contributed by atoms with Crippen molar-refractivity contribution in [3.05, 3.63) is 22.7 Å². The van der Waals surface area contributed by atoms with Crippen molar-refractivity contribution in [3.63, 3.8) is 0 Å². The van der Waals surface area contributed by atoms with Gasteiger partial charge in [-0.05, 0) is 18.2 Å². The smallest absolute Gasteiger partial charge is 0.422 e. The first-order valence-electron chi connectivity index (χ1n) is 6.28. The maximum absolute atomic E-state index is 11.9. The molecule has 0 aliphatic rings. The van der Waals surface area contributed by atoms with Crippen LogP contribution >= 0.6 is 15.9 Å². The SMILES string of the molecule is CC.CC.CS(=O)(=O)c1cc(Br)cc(OCC(F)(F)F)c1. The number of alkyl halides is 3. The van der Waals surface area contributed by atoms with Crippen LogP contribution in [0.5, 0.6) is 5.75 Å². The Bertz CT molecular complexity index is 514. The molecule has 0 saturated carbocycles. The fourth-order valence-electron chi connectivity index (χ4n) is 1.000. The fraction of sp³-hybridized carbons (Fsp3) is 0.538. The van der Waals surface area contributed by atoms with Crippen LogP contribution in [0.1, 0.15) is 27.7 Å². The second kappa shape index (κ2) is 10.0. The summed E-state index contributed by atoms with van der Waals surface area (Å²) in [6.45, 7) is 6.53. The lowest BCUT2D eigenvalue weighted by Crippen LogP contribution is -2.19. The van der Waals surface area contributed by atoms with Crippen molar-refractivity contribution in [1.29, 1.82) is 0 Å². The molecule has 0 heterocycles. The molecule has 0 aliphatic carbocycles. The Morgan fingerprint density at radius 3 is 1.95 bits per heavy atom. The van der Waals surface area contributed by atoms with Crippen LogP contribution in [0.15, 0.2) is 27.6 Å². The highest BCUT2D eigenvalue weighted by atomic mass is 79.9. The van der Waals surface area contributed by atoms with Crippen molar-refractivity contribution >= 4 is 25.8 Å². The van der Waals surface area contributed by atoms with E-state index in [2.05, 4.69) is 20.7 Å². The van der Waals surface area contributed by atoms with Gasteiger partial charge < -0.3 is 4.74 Å². The Hall–Kier alpha value is -0.760. The molecular weight excluding hydrogens is 373 g/mol. The van der Waals surface area contributed by atoms with E-state index < -0.39 is 22.6 Å². The Balaban J connectivity index is 0. The van der Waals surface area contributed by atoms with Crippen molar-refractivity contribution in [2.24, 2.45) is 0 Å². The molecule has 8 heteroatoms. The molecule has 1 aromatic rings. The van der Waals surface area contributed by atoms with Crippen molar-refractivity contribution in [2.75, 3.05) is 12.9 Å². The van der Waals surface area contributed by atoms with Crippen LogP contribution < -0.4 is 4.74 Å². The summed E-state index contributed by atoms with van der Waals surface area (Å²) < 4.78 is 63.0. The summed E-state index contributed by atoms with van der Waals surface area (Å²) in [5.41, 5.74) is 0. The van der Waals surface area contributed by atoms with Crippen molar-refractivity contribution < 1.29 is 26.3 Å². The van der Waals surface area contributed by atoms with Crippen molar-refractivity contribution in [1.82, 2.24) is 0 Å². The Kier molecular flexibility index (Phi) is 10.8. The zero-order valence-electron chi connectivity index (χ0n) is 12.6. The number of hydrogen-bond acceptors (Lipinski definition) is 3. The lowest BCUT2D eigenvalue weighted by atomic mass is 10.3. The fourth-order valence-corrected chi connectivity index (χ4v) is 2.29. The van der Waals surface area contributed by atoms with E-state index in [4.69, 9.17) is 0 Å². The van der Waals surface area contributed by atoms with Crippen LogP contribution in [0.4, 0.5) is 13.2 Å². The first-order valence-corrected chi connectivity index (χ1v) is 8.96. The van der Waals surface area contributed by atoms with Crippen molar-refractivity contribution in [2.45, 2.75) is 38.8 Å². The minimum absolute atomic E-state index is 0.107. The van der Waals surface area contributed by atoms with E-state index in [-0.39, 0.29) is 10.6 Å². The standard InChI is InChI=1S/C9H8BrF3O3S.2C2H6/c1-17(14,15)8-3-6(10)2-7(4-8)16-5-9(11,12)13;2*1-2/h2-4H,5H2,1H3;2*1-2H3. The molecule has 0 unspecified atom stereocenters. The van der Waals surface area contributed by atoms with Gasteiger partial charge in [0.15, 0.2) is 16.4 Å². The van der Waals surface area contributed by atoms with Crippen LogP contribution in [-0.2, 0) is 9.84 Å². The van der Waals surface area contributed by atoms with E-state index in [1.807, 2.05) is 27.7 Å². The maximum atomic E-state index is 11.9. The largest absolute Gasteiger partial charge is 0.484 e. The summed E-state index contributed by atoms with van der Waals surface area (Å²) in [4.78, 5) is -0.107. The van der Waals surface area contributed by atoms with Gasteiger partial charge in [-0.15, -0.1) is 0 Å². The van der Waals surface area contributed by atoms with Gasteiger partial charge in [0.1, 0.15) is 5.75 Å². The van der Waals surface area contributed by atoms with E-state index >= 15 is 0 Å². The molecule has 0 bridgehead atoms. The molecule has 0 aromatic heterocycles. The molecule has 124 valence electrons. The minimum atomic E-state index is -4.46. The monoisotopic (exact) mass is 392 g/mol. The normalized spacial score (nSPS) is 10.7. The summed E-state index contributed by atoms with van der Waals surface area (Å²) in [6, 6.07) is 3.60. The highest BCUT2D eigenvalue weighted by molar-refractivity contribution is 9.10. The predicted octanol–water partition coefficient (Wildman–Crippen LogP) is 4.85. The van der Waals surface area contributed by atoms with E-state index in [9.17, 15) is 21.6 Å². The third-order valence-corrected chi connectivity index (χ3v) is 3.23. The van der Waals surface area contributed by atoms with Gasteiger partial charge in [0.25, 0.3) is 0 Å². The van der Waals surface area contributed by atoms with E-state index in [0.29, 0.717) is 4.47 Å². The molecule has 0 atom stereocenters. The predicted molar refractivity (Wildman–Crippen MR) is 81.5 cm³/mol. The van der Waals surface area contributed by atoms with E-state index in [1.165, 1.54) is 12.1 Å². The number of hydrogen-bond donors (Lipinski definition) is 0. The molecule has 1 aromatic carbocycles. The van der Waals surface area contributed by atoms with E-state index in [1.54, 1.807) is 0 Å². The second-order valence-electron chi connectivity index (χ2n) is 3.30. The second-order valence-corrected chi connectivity index (χ2v) is 6.23. The van der Waals surface area contributed by atoms with Gasteiger partial charge in [-0.2, -0.15) is 13.2 Å². The molecule has 0 saturated heterocycles. The Morgan fingerprint density at radius 2 is 1.57 bits per heavy atom. The summed E-state index contributed by atoms with van der Waals surface area (Å²) in [6.07, 6.45) is -3.50. The first-order chi connectivity index (χ1) is 9.58. The molecular formula is C13H20BrF3O3S. The molecule has 0 amide bonds. The van der Waals surface area contributed by atoms with Gasteiger partial charge in [0, 0.05) is 10.7 Å². The lowest BCUT2D eigenvalue weighted by Gasteiger charge is -2.10. The van der Waals surface area contributed by atoms with Gasteiger partial charge in [0.2, 0.25) is 0 Å². The lowest BCUT2D eigenvalue weighted by molar-refractivity contribution is -0.153.